The number of nitrogens with zero attached hydrogens (tertiary/aromatic N) is 1. The second-order valence-corrected chi connectivity index (χ2v) is 7.70. The van der Waals surface area contributed by atoms with E-state index >= 15 is 0 Å². The minimum absolute atomic E-state index is 0.0766. The van der Waals surface area contributed by atoms with Gasteiger partial charge in [0, 0.05) is 23.6 Å². The van der Waals surface area contributed by atoms with E-state index in [1.165, 1.54) is 4.31 Å². The van der Waals surface area contributed by atoms with Crippen LogP contribution in [0.4, 0.5) is 0 Å². The van der Waals surface area contributed by atoms with Gasteiger partial charge < -0.3 is 5.73 Å². The summed E-state index contributed by atoms with van der Waals surface area (Å²) in [6.45, 7) is 4.68. The Hall–Kier alpha value is -0.430. The van der Waals surface area contributed by atoms with E-state index in [2.05, 4.69) is 15.9 Å². The average Bonchev–Trinajstić information content (AvgIpc) is 2.63. The Balaban J connectivity index is 2.40. The fourth-order valence-corrected chi connectivity index (χ4v) is 4.47. The summed E-state index contributed by atoms with van der Waals surface area (Å²) in [5.41, 5.74) is 6.65. The van der Waals surface area contributed by atoms with Crippen LogP contribution in [-0.4, -0.2) is 31.9 Å². The first-order chi connectivity index (χ1) is 8.32. The largest absolute Gasteiger partial charge is 0.326 e. The van der Waals surface area contributed by atoms with E-state index in [4.69, 9.17) is 5.73 Å². The molecule has 2 unspecified atom stereocenters. The minimum atomic E-state index is -3.43. The van der Waals surface area contributed by atoms with Gasteiger partial charge >= 0.3 is 0 Å². The molecule has 0 bridgehead atoms. The number of hydrogen-bond donors (Lipinski definition) is 1. The lowest BCUT2D eigenvalue weighted by atomic mass is 10.1. The number of nitrogens with two attached hydrogens (primary N) is 1. The standard InChI is InChI=1S/C12H17BrN2O2S/c1-8-3-4-10(13)5-12(8)18(16,17)15-6-9(2)11(14)7-15/h3-5,9,11H,6-7,14H2,1-2H3. The molecule has 2 atom stereocenters. The molecular weight excluding hydrogens is 316 g/mol. The number of hydrogen-bond acceptors (Lipinski definition) is 3. The number of rotatable bonds is 2. The van der Waals surface area contributed by atoms with Crippen molar-refractivity contribution in [1.29, 1.82) is 0 Å². The molecule has 0 saturated carbocycles. The maximum atomic E-state index is 12.5. The third-order valence-corrected chi connectivity index (χ3v) is 5.87. The molecule has 0 aromatic heterocycles. The van der Waals surface area contributed by atoms with Crippen molar-refractivity contribution in [3.8, 4) is 0 Å². The number of aryl methyl sites for hydroxylation is 1. The highest BCUT2D eigenvalue weighted by Crippen LogP contribution is 2.27. The van der Waals surface area contributed by atoms with Gasteiger partial charge in [0.1, 0.15) is 0 Å². The number of halogens is 1. The van der Waals surface area contributed by atoms with Gasteiger partial charge in [-0.05, 0) is 30.5 Å². The summed E-state index contributed by atoms with van der Waals surface area (Å²) < 4.78 is 27.3. The average molecular weight is 333 g/mol. The summed E-state index contributed by atoms with van der Waals surface area (Å²) >= 11 is 3.31. The Morgan fingerprint density at radius 2 is 2.06 bits per heavy atom. The molecule has 1 fully saturated rings. The topological polar surface area (TPSA) is 63.4 Å². The highest BCUT2D eigenvalue weighted by atomic mass is 79.9. The molecule has 1 aliphatic rings. The summed E-state index contributed by atoms with van der Waals surface area (Å²) in [6, 6.07) is 5.22. The number of sulfonamides is 1. The summed E-state index contributed by atoms with van der Waals surface area (Å²) in [6.07, 6.45) is 0. The maximum absolute atomic E-state index is 12.5. The van der Waals surface area contributed by atoms with Gasteiger partial charge in [0.15, 0.2) is 0 Å². The number of benzene rings is 1. The first-order valence-corrected chi connectivity index (χ1v) is 8.07. The van der Waals surface area contributed by atoms with Crippen LogP contribution < -0.4 is 5.73 Å². The molecular formula is C12H17BrN2O2S. The third-order valence-electron chi connectivity index (χ3n) is 3.40. The molecule has 1 saturated heterocycles. The van der Waals surface area contributed by atoms with Crippen LogP contribution in [0.25, 0.3) is 0 Å². The van der Waals surface area contributed by atoms with Crippen LogP contribution in [-0.2, 0) is 10.0 Å². The highest BCUT2D eigenvalue weighted by molar-refractivity contribution is 9.10. The molecule has 1 aromatic carbocycles. The summed E-state index contributed by atoms with van der Waals surface area (Å²) in [7, 11) is -3.43. The molecule has 2 rings (SSSR count). The summed E-state index contributed by atoms with van der Waals surface area (Å²) in [4.78, 5) is 0.359. The van der Waals surface area contributed by atoms with Crippen molar-refractivity contribution in [3.05, 3.63) is 28.2 Å². The molecule has 4 nitrogen and oxygen atoms in total. The van der Waals surface area contributed by atoms with Crippen LogP contribution in [0.15, 0.2) is 27.6 Å². The van der Waals surface area contributed by atoms with E-state index in [0.717, 1.165) is 10.0 Å². The lowest BCUT2D eigenvalue weighted by Crippen LogP contribution is -2.32. The quantitative estimate of drug-likeness (QED) is 0.896. The molecule has 0 aliphatic carbocycles. The molecule has 100 valence electrons. The van der Waals surface area contributed by atoms with E-state index < -0.39 is 10.0 Å². The van der Waals surface area contributed by atoms with Gasteiger partial charge in [0.05, 0.1) is 4.90 Å². The Bertz CT molecular complexity index is 549. The normalized spacial score (nSPS) is 25.6. The third kappa shape index (κ3) is 2.47. The zero-order valence-corrected chi connectivity index (χ0v) is 12.8. The Morgan fingerprint density at radius 3 is 2.61 bits per heavy atom. The van der Waals surface area contributed by atoms with Crippen LogP contribution in [0.3, 0.4) is 0 Å². The SMILES string of the molecule is Cc1ccc(Br)cc1S(=O)(=O)N1CC(C)C(N)C1. The van der Waals surface area contributed by atoms with Gasteiger partial charge in [-0.25, -0.2) is 8.42 Å². The maximum Gasteiger partial charge on any atom is 0.243 e. The zero-order chi connectivity index (χ0) is 13.5. The molecule has 1 aliphatic heterocycles. The molecule has 18 heavy (non-hydrogen) atoms. The minimum Gasteiger partial charge on any atom is -0.326 e. The fourth-order valence-electron chi connectivity index (χ4n) is 2.13. The van der Waals surface area contributed by atoms with E-state index in [1.54, 1.807) is 19.1 Å². The predicted molar refractivity (Wildman–Crippen MR) is 74.8 cm³/mol. The fraction of sp³-hybridized carbons (Fsp3) is 0.500. The molecule has 1 heterocycles. The Morgan fingerprint density at radius 1 is 1.39 bits per heavy atom. The van der Waals surface area contributed by atoms with Crippen molar-refractivity contribution < 1.29 is 8.42 Å². The van der Waals surface area contributed by atoms with Gasteiger partial charge in [0.25, 0.3) is 0 Å². The van der Waals surface area contributed by atoms with Gasteiger partial charge in [-0.2, -0.15) is 4.31 Å². The van der Waals surface area contributed by atoms with Crippen LogP contribution in [0.2, 0.25) is 0 Å². The van der Waals surface area contributed by atoms with Crippen LogP contribution in [0.5, 0.6) is 0 Å². The Kier molecular flexibility index (Phi) is 3.82. The van der Waals surface area contributed by atoms with E-state index in [-0.39, 0.29) is 12.0 Å². The summed E-state index contributed by atoms with van der Waals surface area (Å²) in [5.74, 6) is 0.201. The molecule has 1 aromatic rings. The monoisotopic (exact) mass is 332 g/mol. The van der Waals surface area contributed by atoms with Crippen molar-refractivity contribution >= 4 is 26.0 Å². The van der Waals surface area contributed by atoms with Gasteiger partial charge in [0.2, 0.25) is 10.0 Å². The van der Waals surface area contributed by atoms with Crippen molar-refractivity contribution in [1.82, 2.24) is 4.31 Å². The molecule has 2 N–H and O–H groups in total. The lowest BCUT2D eigenvalue weighted by Gasteiger charge is -2.17. The van der Waals surface area contributed by atoms with Crippen molar-refractivity contribution in [2.24, 2.45) is 11.7 Å². The van der Waals surface area contributed by atoms with Crippen molar-refractivity contribution in [2.45, 2.75) is 24.8 Å². The first kappa shape index (κ1) is 14.0. The van der Waals surface area contributed by atoms with Gasteiger partial charge in [-0.1, -0.05) is 28.9 Å². The van der Waals surface area contributed by atoms with Crippen molar-refractivity contribution in [3.63, 3.8) is 0 Å². The van der Waals surface area contributed by atoms with E-state index in [0.29, 0.717) is 18.0 Å². The van der Waals surface area contributed by atoms with Crippen LogP contribution >= 0.6 is 15.9 Å². The Labute approximate surface area is 116 Å². The second kappa shape index (κ2) is 4.92. The second-order valence-electron chi connectivity index (χ2n) is 4.87. The van der Waals surface area contributed by atoms with Gasteiger partial charge in [-0.15, -0.1) is 0 Å². The highest BCUT2D eigenvalue weighted by Gasteiger charge is 2.35. The molecule has 0 radical (unpaired) electrons. The van der Waals surface area contributed by atoms with E-state index in [1.807, 2.05) is 13.0 Å². The molecule has 6 heteroatoms. The lowest BCUT2D eigenvalue weighted by molar-refractivity contribution is 0.464. The predicted octanol–water partition coefficient (Wildman–Crippen LogP) is 1.73. The molecule has 0 amide bonds. The molecule has 0 spiro atoms. The smallest absolute Gasteiger partial charge is 0.243 e. The van der Waals surface area contributed by atoms with Gasteiger partial charge in [-0.3, -0.25) is 0 Å². The van der Waals surface area contributed by atoms with Crippen molar-refractivity contribution in [2.75, 3.05) is 13.1 Å². The first-order valence-electron chi connectivity index (χ1n) is 5.84. The van der Waals surface area contributed by atoms with Crippen LogP contribution in [0, 0.1) is 12.8 Å². The van der Waals surface area contributed by atoms with Crippen LogP contribution in [0.1, 0.15) is 12.5 Å². The zero-order valence-electron chi connectivity index (χ0n) is 10.4. The van der Waals surface area contributed by atoms with E-state index in [9.17, 15) is 8.42 Å². The summed E-state index contributed by atoms with van der Waals surface area (Å²) in [5, 5.41) is 0.